The Hall–Kier alpha value is -1.16. The maximum Gasteiger partial charge on any atom is 0.165 e. The quantitative estimate of drug-likeness (QED) is 0.789. The number of pyridine rings is 1. The van der Waals surface area contributed by atoms with Crippen LogP contribution in [-0.4, -0.2) is 24.1 Å². The number of hydrogen-bond acceptors (Lipinski definition) is 3. The summed E-state index contributed by atoms with van der Waals surface area (Å²) >= 11 is 0. The van der Waals surface area contributed by atoms with Gasteiger partial charge in [-0.05, 0) is 24.0 Å². The third-order valence-corrected chi connectivity index (χ3v) is 3.35. The molecule has 1 aliphatic rings. The maximum atomic E-state index is 13.6. The van der Waals surface area contributed by atoms with Gasteiger partial charge in [0.25, 0.3) is 0 Å². The summed E-state index contributed by atoms with van der Waals surface area (Å²) in [6.07, 6.45) is 2.50. The van der Waals surface area contributed by atoms with Crippen LogP contribution < -0.4 is 10.6 Å². The SMILES string of the molecule is CC1(C)CN(c2ncccc2F)CCC1N. The first-order valence-corrected chi connectivity index (χ1v) is 5.62. The van der Waals surface area contributed by atoms with E-state index in [1.807, 2.05) is 4.90 Å². The zero-order chi connectivity index (χ0) is 11.8. The van der Waals surface area contributed by atoms with Crippen molar-refractivity contribution < 1.29 is 4.39 Å². The van der Waals surface area contributed by atoms with Crippen LogP contribution in [0.4, 0.5) is 10.2 Å². The highest BCUT2D eigenvalue weighted by molar-refractivity contribution is 5.40. The van der Waals surface area contributed by atoms with E-state index < -0.39 is 0 Å². The summed E-state index contributed by atoms with van der Waals surface area (Å²) in [7, 11) is 0. The molecule has 2 heterocycles. The fourth-order valence-corrected chi connectivity index (χ4v) is 2.16. The fraction of sp³-hybridized carbons (Fsp3) is 0.583. The molecule has 0 saturated carbocycles. The van der Waals surface area contributed by atoms with Gasteiger partial charge in [-0.15, -0.1) is 0 Å². The van der Waals surface area contributed by atoms with Gasteiger partial charge in [0.2, 0.25) is 0 Å². The van der Waals surface area contributed by atoms with Gasteiger partial charge in [0.15, 0.2) is 11.6 Å². The molecule has 1 atom stereocenters. The molecule has 1 fully saturated rings. The van der Waals surface area contributed by atoms with Crippen molar-refractivity contribution in [2.45, 2.75) is 26.3 Å². The lowest BCUT2D eigenvalue weighted by Crippen LogP contribution is -2.52. The molecule has 0 aromatic carbocycles. The molecule has 2 N–H and O–H groups in total. The van der Waals surface area contributed by atoms with E-state index in [9.17, 15) is 4.39 Å². The number of piperidine rings is 1. The van der Waals surface area contributed by atoms with Gasteiger partial charge in [-0.1, -0.05) is 13.8 Å². The van der Waals surface area contributed by atoms with E-state index in [2.05, 4.69) is 18.8 Å². The minimum atomic E-state index is -0.256. The zero-order valence-corrected chi connectivity index (χ0v) is 9.78. The van der Waals surface area contributed by atoms with Crippen LogP contribution in [0.15, 0.2) is 18.3 Å². The average Bonchev–Trinajstić information content (AvgIpc) is 2.23. The van der Waals surface area contributed by atoms with E-state index in [0.29, 0.717) is 5.82 Å². The topological polar surface area (TPSA) is 42.2 Å². The third kappa shape index (κ3) is 2.02. The summed E-state index contributed by atoms with van der Waals surface area (Å²) in [5.41, 5.74) is 6.05. The molecule has 0 spiro atoms. The van der Waals surface area contributed by atoms with Gasteiger partial charge < -0.3 is 10.6 Å². The monoisotopic (exact) mass is 223 g/mol. The number of halogens is 1. The van der Waals surface area contributed by atoms with Crippen molar-refractivity contribution in [2.75, 3.05) is 18.0 Å². The molecule has 16 heavy (non-hydrogen) atoms. The number of nitrogens with two attached hydrogens (primary N) is 1. The first-order valence-electron chi connectivity index (χ1n) is 5.62. The van der Waals surface area contributed by atoms with Crippen molar-refractivity contribution in [1.29, 1.82) is 0 Å². The number of anilines is 1. The van der Waals surface area contributed by atoms with Gasteiger partial charge in [-0.25, -0.2) is 9.37 Å². The molecule has 3 nitrogen and oxygen atoms in total. The Kier molecular flexibility index (Phi) is 2.84. The minimum Gasteiger partial charge on any atom is -0.354 e. The lowest BCUT2D eigenvalue weighted by Gasteiger charge is -2.43. The molecular formula is C12H18FN3. The predicted octanol–water partition coefficient (Wildman–Crippen LogP) is 1.78. The van der Waals surface area contributed by atoms with Crippen LogP contribution in [-0.2, 0) is 0 Å². The van der Waals surface area contributed by atoms with Crippen LogP contribution in [0.25, 0.3) is 0 Å². The smallest absolute Gasteiger partial charge is 0.165 e. The predicted molar refractivity (Wildman–Crippen MR) is 62.8 cm³/mol. The second-order valence-electron chi connectivity index (χ2n) is 5.11. The number of nitrogens with zero attached hydrogens (tertiary/aromatic N) is 2. The van der Waals surface area contributed by atoms with E-state index >= 15 is 0 Å². The molecule has 1 saturated heterocycles. The highest BCUT2D eigenvalue weighted by Crippen LogP contribution is 2.30. The Morgan fingerprint density at radius 2 is 2.31 bits per heavy atom. The molecule has 88 valence electrons. The van der Waals surface area contributed by atoms with Gasteiger partial charge in [-0.2, -0.15) is 0 Å². The van der Waals surface area contributed by atoms with E-state index in [1.54, 1.807) is 12.3 Å². The molecule has 0 bridgehead atoms. The molecule has 1 unspecified atom stereocenters. The normalized spacial score (nSPS) is 24.5. The second-order valence-corrected chi connectivity index (χ2v) is 5.11. The summed E-state index contributed by atoms with van der Waals surface area (Å²) in [6.45, 7) is 5.76. The maximum absolute atomic E-state index is 13.6. The molecule has 2 rings (SSSR count). The zero-order valence-electron chi connectivity index (χ0n) is 9.78. The van der Waals surface area contributed by atoms with Crippen LogP contribution in [0.5, 0.6) is 0 Å². The molecule has 0 radical (unpaired) electrons. The van der Waals surface area contributed by atoms with Crippen molar-refractivity contribution in [3.63, 3.8) is 0 Å². The van der Waals surface area contributed by atoms with Crippen molar-refractivity contribution in [3.05, 3.63) is 24.1 Å². The Morgan fingerprint density at radius 3 is 2.94 bits per heavy atom. The summed E-state index contributed by atoms with van der Waals surface area (Å²) in [5.74, 6) is 0.191. The van der Waals surface area contributed by atoms with Gasteiger partial charge in [0, 0.05) is 25.3 Å². The molecule has 4 heteroatoms. The van der Waals surface area contributed by atoms with E-state index in [-0.39, 0.29) is 17.3 Å². The van der Waals surface area contributed by atoms with Crippen LogP contribution in [0.2, 0.25) is 0 Å². The highest BCUT2D eigenvalue weighted by atomic mass is 19.1. The molecular weight excluding hydrogens is 205 g/mol. The summed E-state index contributed by atoms with van der Waals surface area (Å²) in [6, 6.07) is 3.24. The number of hydrogen-bond donors (Lipinski definition) is 1. The summed E-state index contributed by atoms with van der Waals surface area (Å²) in [5, 5.41) is 0. The Bertz CT molecular complexity index is 378. The molecule has 0 aliphatic carbocycles. The molecule has 1 aromatic heterocycles. The van der Waals surface area contributed by atoms with Crippen molar-refractivity contribution >= 4 is 5.82 Å². The van der Waals surface area contributed by atoms with Gasteiger partial charge >= 0.3 is 0 Å². The standard InChI is InChI=1S/C12H18FN3/c1-12(2)8-16(7-5-10(12)14)11-9(13)4-3-6-15-11/h3-4,6,10H,5,7-8,14H2,1-2H3. The largest absolute Gasteiger partial charge is 0.354 e. The fourth-order valence-electron chi connectivity index (χ4n) is 2.16. The van der Waals surface area contributed by atoms with Crippen molar-refractivity contribution in [2.24, 2.45) is 11.1 Å². The van der Waals surface area contributed by atoms with Crippen LogP contribution >= 0.6 is 0 Å². The first kappa shape index (κ1) is 11.3. The summed E-state index contributed by atoms with van der Waals surface area (Å²) < 4.78 is 13.6. The van der Waals surface area contributed by atoms with E-state index in [4.69, 9.17) is 5.73 Å². The van der Waals surface area contributed by atoms with Gasteiger partial charge in [0.05, 0.1) is 0 Å². The van der Waals surface area contributed by atoms with Crippen molar-refractivity contribution in [3.8, 4) is 0 Å². The lowest BCUT2D eigenvalue weighted by atomic mass is 9.80. The molecule has 1 aliphatic heterocycles. The first-order chi connectivity index (χ1) is 7.50. The van der Waals surface area contributed by atoms with Crippen LogP contribution in [0.3, 0.4) is 0 Å². The van der Waals surface area contributed by atoms with E-state index in [1.165, 1.54) is 6.07 Å². The number of aromatic nitrogens is 1. The highest BCUT2D eigenvalue weighted by Gasteiger charge is 2.34. The third-order valence-electron chi connectivity index (χ3n) is 3.35. The molecule has 1 aromatic rings. The second kappa shape index (κ2) is 4.01. The Labute approximate surface area is 95.5 Å². The van der Waals surface area contributed by atoms with E-state index in [0.717, 1.165) is 19.5 Å². The van der Waals surface area contributed by atoms with Crippen LogP contribution in [0, 0.1) is 11.2 Å². The van der Waals surface area contributed by atoms with Gasteiger partial charge in [-0.3, -0.25) is 0 Å². The lowest BCUT2D eigenvalue weighted by molar-refractivity contribution is 0.243. The Balaban J connectivity index is 2.21. The Morgan fingerprint density at radius 1 is 1.56 bits per heavy atom. The number of rotatable bonds is 1. The molecule has 0 amide bonds. The summed E-state index contributed by atoms with van der Waals surface area (Å²) in [4.78, 5) is 6.09. The minimum absolute atomic E-state index is 0.00219. The average molecular weight is 223 g/mol. The van der Waals surface area contributed by atoms with Crippen LogP contribution in [0.1, 0.15) is 20.3 Å². The van der Waals surface area contributed by atoms with Gasteiger partial charge in [0.1, 0.15) is 0 Å². The van der Waals surface area contributed by atoms with Crippen molar-refractivity contribution in [1.82, 2.24) is 4.98 Å².